The van der Waals surface area contributed by atoms with E-state index in [2.05, 4.69) is 5.32 Å². The Morgan fingerprint density at radius 1 is 1.15 bits per heavy atom. The molecule has 2 rings (SSSR count). The van der Waals surface area contributed by atoms with E-state index >= 15 is 0 Å². The van der Waals surface area contributed by atoms with E-state index in [1.54, 1.807) is 25.1 Å². The van der Waals surface area contributed by atoms with E-state index in [1.165, 1.54) is 7.05 Å². The van der Waals surface area contributed by atoms with Crippen LogP contribution in [0.2, 0.25) is 0 Å². The third-order valence-corrected chi connectivity index (χ3v) is 3.57. The lowest BCUT2D eigenvalue weighted by atomic mass is 9.93. The number of rotatable bonds is 5. The number of imide groups is 1. The summed E-state index contributed by atoms with van der Waals surface area (Å²) in [6.45, 7) is 1.80. The summed E-state index contributed by atoms with van der Waals surface area (Å²) in [7, 11) is 1.45. The Morgan fingerprint density at radius 3 is 2.35 bits per heavy atom. The molecule has 1 aromatic carbocycles. The molecule has 1 aliphatic rings. The second-order valence-electron chi connectivity index (χ2n) is 5.41. The van der Waals surface area contributed by atoms with E-state index < -0.39 is 5.41 Å². The highest BCUT2D eigenvalue weighted by Gasteiger charge is 2.32. The predicted octanol–water partition coefficient (Wildman–Crippen LogP) is 0.315. The van der Waals surface area contributed by atoms with E-state index in [0.717, 1.165) is 4.90 Å². The van der Waals surface area contributed by atoms with Gasteiger partial charge in [-0.05, 0) is 18.2 Å². The molecule has 6 heteroatoms. The molecular weight excluding hydrogens is 260 g/mol. The van der Waals surface area contributed by atoms with Crippen LogP contribution in [0.1, 0.15) is 27.6 Å². The molecule has 1 aromatic rings. The highest BCUT2D eigenvalue weighted by Crippen LogP contribution is 2.25. The fraction of sp³-hybridized carbons (Fsp3) is 0.429. The number of nitrogens with one attached hydrogen (secondary N) is 1. The van der Waals surface area contributed by atoms with Gasteiger partial charge in [0.15, 0.2) is 0 Å². The summed E-state index contributed by atoms with van der Waals surface area (Å²) in [5.74, 6) is -0.618. The number of anilines is 1. The Kier molecular flexibility index (Phi) is 3.78. The third kappa shape index (κ3) is 2.39. The van der Waals surface area contributed by atoms with Gasteiger partial charge in [-0.15, -0.1) is 0 Å². The van der Waals surface area contributed by atoms with E-state index in [-0.39, 0.29) is 25.0 Å². The average molecular weight is 278 g/mol. The van der Waals surface area contributed by atoms with Gasteiger partial charge < -0.3 is 15.5 Å². The molecule has 0 aliphatic carbocycles. The normalized spacial score (nSPS) is 14.7. The second kappa shape index (κ2) is 5.22. The lowest BCUT2D eigenvalue weighted by Gasteiger charge is -2.25. The van der Waals surface area contributed by atoms with Gasteiger partial charge in [0.25, 0.3) is 11.8 Å². The van der Waals surface area contributed by atoms with Gasteiger partial charge in [-0.1, -0.05) is 6.92 Å². The van der Waals surface area contributed by atoms with Gasteiger partial charge in [0.1, 0.15) is 0 Å². The van der Waals surface area contributed by atoms with Crippen molar-refractivity contribution in [3.05, 3.63) is 29.3 Å². The zero-order valence-electron chi connectivity index (χ0n) is 11.5. The molecule has 0 radical (unpaired) electrons. The van der Waals surface area contributed by atoms with E-state index in [4.69, 9.17) is 0 Å². The first-order chi connectivity index (χ1) is 9.41. The fourth-order valence-corrected chi connectivity index (χ4v) is 1.95. The molecule has 20 heavy (non-hydrogen) atoms. The van der Waals surface area contributed by atoms with Crippen molar-refractivity contribution in [2.24, 2.45) is 5.41 Å². The number of hydrogen-bond donors (Lipinski definition) is 3. The maximum atomic E-state index is 11.9. The Labute approximate surface area is 117 Å². The summed E-state index contributed by atoms with van der Waals surface area (Å²) in [6, 6.07) is 4.93. The van der Waals surface area contributed by atoms with E-state index in [1.807, 2.05) is 0 Å². The monoisotopic (exact) mass is 278 g/mol. The Hall–Kier alpha value is -1.92. The molecule has 0 bridgehead atoms. The summed E-state index contributed by atoms with van der Waals surface area (Å²) in [4.78, 5) is 24.7. The van der Waals surface area contributed by atoms with E-state index in [0.29, 0.717) is 23.4 Å². The standard InChI is InChI=1S/C14H18N2O4/c1-14(7-17,8-18)6-15-9-3-4-10-11(5-9)13(20)16(2)12(10)19/h3-5,15,17-18H,6-8H2,1-2H3. The zero-order valence-corrected chi connectivity index (χ0v) is 11.5. The number of aliphatic hydroxyl groups is 2. The van der Waals surface area contributed by atoms with Gasteiger partial charge in [-0.2, -0.15) is 0 Å². The largest absolute Gasteiger partial charge is 0.396 e. The predicted molar refractivity (Wildman–Crippen MR) is 73.6 cm³/mol. The van der Waals surface area contributed by atoms with Crippen LogP contribution in [0.25, 0.3) is 0 Å². The molecule has 0 aromatic heterocycles. The summed E-state index contributed by atoms with van der Waals surface area (Å²) in [6.07, 6.45) is 0. The lowest BCUT2D eigenvalue weighted by molar-refractivity contribution is 0.0693. The number of benzene rings is 1. The van der Waals surface area contributed by atoms with Gasteiger partial charge >= 0.3 is 0 Å². The van der Waals surface area contributed by atoms with Gasteiger partial charge in [-0.3, -0.25) is 14.5 Å². The number of carbonyl (C=O) groups excluding carboxylic acids is 2. The highest BCUT2D eigenvalue weighted by atomic mass is 16.3. The molecule has 0 unspecified atom stereocenters. The lowest BCUT2D eigenvalue weighted by Crippen LogP contribution is -2.34. The second-order valence-corrected chi connectivity index (χ2v) is 5.41. The van der Waals surface area contributed by atoms with Crippen molar-refractivity contribution in [3.63, 3.8) is 0 Å². The first-order valence-corrected chi connectivity index (χ1v) is 6.34. The molecule has 6 nitrogen and oxygen atoms in total. The molecule has 0 fully saturated rings. The van der Waals surface area contributed by atoms with Crippen molar-refractivity contribution in [3.8, 4) is 0 Å². The number of nitrogens with zero attached hydrogens (tertiary/aromatic N) is 1. The average Bonchev–Trinajstić information content (AvgIpc) is 2.69. The molecule has 0 saturated carbocycles. The molecular formula is C14H18N2O4. The Bertz CT molecular complexity index is 552. The number of amides is 2. The summed E-state index contributed by atoms with van der Waals surface area (Å²) in [5, 5.41) is 21.5. The van der Waals surface area contributed by atoms with Gasteiger partial charge in [0, 0.05) is 24.7 Å². The molecule has 1 heterocycles. The van der Waals surface area contributed by atoms with Crippen LogP contribution in [0.15, 0.2) is 18.2 Å². The van der Waals surface area contributed by atoms with Crippen molar-refractivity contribution in [2.45, 2.75) is 6.92 Å². The first-order valence-electron chi connectivity index (χ1n) is 6.34. The molecule has 1 aliphatic heterocycles. The van der Waals surface area contributed by atoms with Crippen molar-refractivity contribution in [1.29, 1.82) is 0 Å². The molecule has 0 spiro atoms. The number of fused-ring (bicyclic) bond motifs is 1. The minimum absolute atomic E-state index is 0.151. The zero-order chi connectivity index (χ0) is 14.9. The fourth-order valence-electron chi connectivity index (χ4n) is 1.95. The van der Waals surface area contributed by atoms with Gasteiger partial charge in [0.05, 0.1) is 24.3 Å². The quantitative estimate of drug-likeness (QED) is 0.675. The Morgan fingerprint density at radius 2 is 1.75 bits per heavy atom. The van der Waals surface area contributed by atoms with Crippen LogP contribution < -0.4 is 5.32 Å². The maximum absolute atomic E-state index is 11.9. The van der Waals surface area contributed by atoms with Crippen molar-refractivity contribution in [1.82, 2.24) is 4.90 Å². The molecule has 0 saturated heterocycles. The van der Waals surface area contributed by atoms with Crippen LogP contribution in [-0.4, -0.2) is 53.7 Å². The van der Waals surface area contributed by atoms with Crippen LogP contribution in [0, 0.1) is 5.41 Å². The molecule has 108 valence electrons. The number of carbonyl (C=O) groups is 2. The summed E-state index contributed by atoms with van der Waals surface area (Å²) < 4.78 is 0. The SMILES string of the molecule is CN1C(=O)c2ccc(NCC(C)(CO)CO)cc2C1=O. The van der Waals surface area contributed by atoms with Gasteiger partial charge in [-0.25, -0.2) is 0 Å². The third-order valence-electron chi connectivity index (χ3n) is 3.57. The molecule has 2 amide bonds. The maximum Gasteiger partial charge on any atom is 0.261 e. The van der Waals surface area contributed by atoms with Crippen LogP contribution in [0.3, 0.4) is 0 Å². The molecule has 0 atom stereocenters. The minimum Gasteiger partial charge on any atom is -0.396 e. The van der Waals surface area contributed by atoms with E-state index in [9.17, 15) is 19.8 Å². The van der Waals surface area contributed by atoms with Crippen molar-refractivity contribution in [2.75, 3.05) is 32.1 Å². The topological polar surface area (TPSA) is 89.9 Å². The number of hydrogen-bond acceptors (Lipinski definition) is 5. The summed E-state index contributed by atoms with van der Waals surface area (Å²) >= 11 is 0. The Balaban J connectivity index is 2.18. The summed E-state index contributed by atoms with van der Waals surface area (Å²) in [5.41, 5.74) is 0.802. The molecule has 3 N–H and O–H groups in total. The number of aliphatic hydroxyl groups excluding tert-OH is 2. The minimum atomic E-state index is -0.643. The van der Waals surface area contributed by atoms with Crippen molar-refractivity contribution < 1.29 is 19.8 Å². The van der Waals surface area contributed by atoms with Gasteiger partial charge in [0.2, 0.25) is 0 Å². The van der Waals surface area contributed by atoms with Crippen LogP contribution in [-0.2, 0) is 0 Å². The van der Waals surface area contributed by atoms with Crippen LogP contribution in [0.5, 0.6) is 0 Å². The first kappa shape index (κ1) is 14.5. The van der Waals surface area contributed by atoms with Crippen LogP contribution in [0.4, 0.5) is 5.69 Å². The van der Waals surface area contributed by atoms with Crippen molar-refractivity contribution >= 4 is 17.5 Å². The van der Waals surface area contributed by atoms with Crippen LogP contribution >= 0.6 is 0 Å². The smallest absolute Gasteiger partial charge is 0.261 e. The highest BCUT2D eigenvalue weighted by molar-refractivity contribution is 6.21.